The number of hydrogen-bond acceptors (Lipinski definition) is 3. The van der Waals surface area contributed by atoms with Crippen LogP contribution in [0.25, 0.3) is 0 Å². The SMILES string of the molecule is C[C@@H]1CC=C2[C@@H](CC[C@@H]3C(C)(C)[C@H](O)CC[C@@]23C)[C@]1(C)c1cc(C(=O)O)ccc1O. The van der Waals surface area contributed by atoms with Gasteiger partial charge >= 0.3 is 5.97 Å². The molecule has 0 spiro atoms. The predicted octanol–water partition coefficient (Wildman–Crippen LogP) is 5.53. The molecule has 3 aliphatic rings. The van der Waals surface area contributed by atoms with E-state index < -0.39 is 5.97 Å². The number of fused-ring (bicyclic) bond motifs is 3. The molecule has 4 heteroatoms. The van der Waals surface area contributed by atoms with Gasteiger partial charge < -0.3 is 15.3 Å². The number of carboxylic acids is 1. The van der Waals surface area contributed by atoms with E-state index in [9.17, 15) is 20.1 Å². The summed E-state index contributed by atoms with van der Waals surface area (Å²) in [5.41, 5.74) is 2.06. The molecule has 4 nitrogen and oxygen atoms in total. The van der Waals surface area contributed by atoms with Crippen molar-refractivity contribution in [2.45, 2.75) is 78.2 Å². The number of aliphatic hydroxyl groups excluding tert-OH is 1. The summed E-state index contributed by atoms with van der Waals surface area (Å²) < 4.78 is 0. The molecule has 6 atom stereocenters. The topological polar surface area (TPSA) is 77.8 Å². The Bertz CT molecular complexity index is 900. The van der Waals surface area contributed by atoms with Crippen LogP contribution < -0.4 is 0 Å². The quantitative estimate of drug-likeness (QED) is 0.558. The molecule has 0 aromatic heterocycles. The van der Waals surface area contributed by atoms with E-state index in [-0.39, 0.29) is 39.6 Å². The fraction of sp³-hybridized carbons (Fsp3) is 0.654. The maximum Gasteiger partial charge on any atom is 0.335 e. The smallest absolute Gasteiger partial charge is 0.335 e. The molecule has 164 valence electrons. The lowest BCUT2D eigenvalue weighted by Gasteiger charge is -2.62. The molecule has 0 aliphatic heterocycles. The van der Waals surface area contributed by atoms with Crippen molar-refractivity contribution in [1.29, 1.82) is 0 Å². The van der Waals surface area contributed by atoms with Gasteiger partial charge in [-0.05, 0) is 78.9 Å². The third kappa shape index (κ3) is 2.79. The Hall–Kier alpha value is -1.81. The van der Waals surface area contributed by atoms with Crippen LogP contribution in [0.4, 0.5) is 0 Å². The summed E-state index contributed by atoms with van der Waals surface area (Å²) in [7, 11) is 0. The van der Waals surface area contributed by atoms with Crippen molar-refractivity contribution in [2.75, 3.05) is 0 Å². The van der Waals surface area contributed by atoms with Gasteiger partial charge in [-0.15, -0.1) is 0 Å². The number of aromatic carboxylic acids is 1. The minimum Gasteiger partial charge on any atom is -0.508 e. The monoisotopic (exact) mass is 412 g/mol. The number of aromatic hydroxyl groups is 1. The van der Waals surface area contributed by atoms with Gasteiger partial charge in [0.05, 0.1) is 11.7 Å². The summed E-state index contributed by atoms with van der Waals surface area (Å²) in [5.74, 6) is 0.222. The summed E-state index contributed by atoms with van der Waals surface area (Å²) in [6.07, 6.45) is 6.94. The highest BCUT2D eigenvalue weighted by atomic mass is 16.4. The molecule has 1 aromatic carbocycles. The number of rotatable bonds is 2. The van der Waals surface area contributed by atoms with Crippen molar-refractivity contribution in [3.05, 3.63) is 41.0 Å². The molecule has 0 saturated heterocycles. The van der Waals surface area contributed by atoms with Gasteiger partial charge in [0.2, 0.25) is 0 Å². The van der Waals surface area contributed by atoms with Crippen LogP contribution in [0.1, 0.15) is 82.6 Å². The van der Waals surface area contributed by atoms with Crippen LogP contribution in [0.3, 0.4) is 0 Å². The van der Waals surface area contributed by atoms with Gasteiger partial charge in [-0.3, -0.25) is 0 Å². The van der Waals surface area contributed by atoms with Gasteiger partial charge in [0.25, 0.3) is 0 Å². The van der Waals surface area contributed by atoms with E-state index in [1.807, 2.05) is 0 Å². The number of hydrogen-bond donors (Lipinski definition) is 3. The van der Waals surface area contributed by atoms with E-state index in [4.69, 9.17) is 0 Å². The second-order valence-electron chi connectivity index (χ2n) is 11.1. The molecule has 0 amide bonds. The van der Waals surface area contributed by atoms with E-state index >= 15 is 0 Å². The molecule has 2 fully saturated rings. The molecule has 2 saturated carbocycles. The lowest BCUT2D eigenvalue weighted by atomic mass is 9.42. The minimum absolute atomic E-state index is 0.0348. The number of aliphatic hydroxyl groups is 1. The molecule has 0 bridgehead atoms. The number of carbonyl (C=O) groups is 1. The molecule has 4 rings (SSSR count). The Kier molecular flexibility index (Phi) is 4.89. The first-order valence-electron chi connectivity index (χ1n) is 11.4. The van der Waals surface area contributed by atoms with Crippen LogP contribution in [0, 0.1) is 28.6 Å². The van der Waals surface area contributed by atoms with Crippen LogP contribution in [0.5, 0.6) is 5.75 Å². The van der Waals surface area contributed by atoms with Crippen molar-refractivity contribution in [1.82, 2.24) is 0 Å². The largest absolute Gasteiger partial charge is 0.508 e. The highest BCUT2D eigenvalue weighted by Gasteiger charge is 2.59. The van der Waals surface area contributed by atoms with Gasteiger partial charge in [0, 0.05) is 11.0 Å². The fourth-order valence-corrected chi connectivity index (χ4v) is 7.40. The number of phenols is 1. The fourth-order valence-electron chi connectivity index (χ4n) is 7.40. The highest BCUT2D eigenvalue weighted by molar-refractivity contribution is 5.88. The normalized spacial score (nSPS) is 40.1. The van der Waals surface area contributed by atoms with Crippen molar-refractivity contribution in [3.63, 3.8) is 0 Å². The van der Waals surface area contributed by atoms with E-state index in [1.54, 1.807) is 12.1 Å². The average molecular weight is 413 g/mol. The Balaban J connectivity index is 1.83. The van der Waals surface area contributed by atoms with E-state index in [2.05, 4.69) is 40.7 Å². The number of allylic oxidation sites excluding steroid dienone is 2. The predicted molar refractivity (Wildman–Crippen MR) is 118 cm³/mol. The van der Waals surface area contributed by atoms with E-state index in [0.717, 1.165) is 37.7 Å². The third-order valence-corrected chi connectivity index (χ3v) is 9.50. The Labute approximate surface area is 180 Å². The molecule has 0 unspecified atom stereocenters. The van der Waals surface area contributed by atoms with Crippen molar-refractivity contribution in [3.8, 4) is 5.75 Å². The first-order valence-corrected chi connectivity index (χ1v) is 11.4. The summed E-state index contributed by atoms with van der Waals surface area (Å²) >= 11 is 0. The Morgan fingerprint density at radius 2 is 1.80 bits per heavy atom. The maximum atomic E-state index is 11.6. The van der Waals surface area contributed by atoms with Crippen molar-refractivity contribution in [2.24, 2.45) is 28.6 Å². The van der Waals surface area contributed by atoms with E-state index in [1.165, 1.54) is 11.6 Å². The molecule has 3 aliphatic carbocycles. The van der Waals surface area contributed by atoms with Crippen LogP contribution in [0.2, 0.25) is 0 Å². The molecule has 0 radical (unpaired) electrons. The van der Waals surface area contributed by atoms with Gasteiger partial charge in [-0.2, -0.15) is 0 Å². The minimum atomic E-state index is -0.960. The zero-order chi connectivity index (χ0) is 22.1. The van der Waals surface area contributed by atoms with Crippen molar-refractivity contribution >= 4 is 5.97 Å². The zero-order valence-corrected chi connectivity index (χ0v) is 18.9. The lowest BCUT2D eigenvalue weighted by molar-refractivity contribution is -0.105. The van der Waals surface area contributed by atoms with Crippen LogP contribution >= 0.6 is 0 Å². The maximum absolute atomic E-state index is 11.6. The second-order valence-corrected chi connectivity index (χ2v) is 11.1. The number of phenolic OH excluding ortho intramolecular Hbond substituents is 1. The number of benzene rings is 1. The van der Waals surface area contributed by atoms with E-state index in [0.29, 0.717) is 11.8 Å². The summed E-state index contributed by atoms with van der Waals surface area (Å²) in [6, 6.07) is 4.72. The van der Waals surface area contributed by atoms with Gasteiger partial charge in [-0.1, -0.05) is 46.3 Å². The van der Waals surface area contributed by atoms with Gasteiger partial charge in [0.1, 0.15) is 5.75 Å². The molecule has 30 heavy (non-hydrogen) atoms. The first kappa shape index (κ1) is 21.4. The Morgan fingerprint density at radius 1 is 1.10 bits per heavy atom. The molecule has 1 aromatic rings. The molecular formula is C26H36O4. The highest BCUT2D eigenvalue weighted by Crippen LogP contribution is 2.66. The second kappa shape index (κ2) is 6.85. The first-order chi connectivity index (χ1) is 13.9. The van der Waals surface area contributed by atoms with Crippen LogP contribution in [0.15, 0.2) is 29.8 Å². The Morgan fingerprint density at radius 3 is 2.47 bits per heavy atom. The standard InChI is InChI=1S/C26H36O4/c1-15-6-8-17-18(9-11-21-24(2,3)22(28)12-13-25(17,21)4)26(15,5)19-14-16(23(29)30)7-10-20(19)27/h7-8,10,14-15,18,21-22,27-28H,6,9,11-13H2,1-5H3,(H,29,30)/t15-,18-,21-,22-,25+,26-/m1/s1. The van der Waals surface area contributed by atoms with Crippen LogP contribution in [-0.2, 0) is 5.41 Å². The zero-order valence-electron chi connectivity index (χ0n) is 18.9. The van der Waals surface area contributed by atoms with Gasteiger partial charge in [0.15, 0.2) is 0 Å². The van der Waals surface area contributed by atoms with Gasteiger partial charge in [-0.25, -0.2) is 4.79 Å². The molecule has 3 N–H and O–H groups in total. The summed E-state index contributed by atoms with van der Waals surface area (Å²) in [4.78, 5) is 11.6. The average Bonchev–Trinajstić information content (AvgIpc) is 2.68. The molecular weight excluding hydrogens is 376 g/mol. The lowest BCUT2D eigenvalue weighted by Crippen LogP contribution is -2.57. The van der Waals surface area contributed by atoms with Crippen molar-refractivity contribution < 1.29 is 20.1 Å². The summed E-state index contributed by atoms with van der Waals surface area (Å²) in [5, 5.41) is 31.1. The summed E-state index contributed by atoms with van der Waals surface area (Å²) in [6.45, 7) is 11.3. The number of carboxylic acid groups (broad SMARTS) is 1. The molecule has 0 heterocycles. The van der Waals surface area contributed by atoms with Crippen LogP contribution in [-0.4, -0.2) is 27.4 Å². The third-order valence-electron chi connectivity index (χ3n) is 9.50.